The normalized spacial score (nSPS) is 13.6. The highest BCUT2D eigenvalue weighted by Crippen LogP contribution is 2.41. The highest BCUT2D eigenvalue weighted by Gasteiger charge is 2.48. The molecule has 0 spiro atoms. The van der Waals surface area contributed by atoms with Crippen LogP contribution in [0.3, 0.4) is 0 Å². The monoisotopic (exact) mass is 368 g/mol. The van der Waals surface area contributed by atoms with Gasteiger partial charge in [-0.15, -0.1) is 0 Å². The van der Waals surface area contributed by atoms with Crippen LogP contribution in [0, 0.1) is 17.5 Å². The maximum Gasteiger partial charge on any atom is 0.534 e. The zero-order chi connectivity index (χ0) is 17.9. The van der Waals surface area contributed by atoms with E-state index in [0.717, 1.165) is 24.3 Å². The Morgan fingerprint density at radius 2 is 1.62 bits per heavy atom. The van der Waals surface area contributed by atoms with Gasteiger partial charge in [-0.25, -0.2) is 13.2 Å². The van der Waals surface area contributed by atoms with E-state index in [1.807, 2.05) is 0 Å². The van der Waals surface area contributed by atoms with Crippen molar-refractivity contribution in [3.63, 3.8) is 0 Å². The Bertz CT molecular complexity index is 950. The Labute approximate surface area is 131 Å². The topological polar surface area (TPSA) is 43.4 Å². The Kier molecular flexibility index (Phi) is 3.55. The molecule has 0 radical (unpaired) electrons. The van der Waals surface area contributed by atoms with Crippen molar-refractivity contribution in [3.05, 3.63) is 52.8 Å². The highest BCUT2D eigenvalue weighted by atomic mass is 32.2. The van der Waals surface area contributed by atoms with Crippen molar-refractivity contribution < 1.29 is 38.9 Å². The summed E-state index contributed by atoms with van der Waals surface area (Å²) in [5, 5.41) is 0. The predicted octanol–water partition coefficient (Wildman–Crippen LogP) is 3.90. The number of hydrogen-bond donors (Lipinski definition) is 0. The van der Waals surface area contributed by atoms with E-state index in [9.17, 15) is 34.8 Å². The Hall–Kier alpha value is -2.23. The maximum absolute atomic E-state index is 13.8. The molecule has 0 fully saturated rings. The largest absolute Gasteiger partial charge is 0.534 e. The van der Waals surface area contributed by atoms with Gasteiger partial charge >= 0.3 is 15.6 Å². The number of hydrogen-bond acceptors (Lipinski definition) is 3. The Morgan fingerprint density at radius 3 is 2.25 bits per heavy atom. The van der Waals surface area contributed by atoms with Crippen LogP contribution in [0.2, 0.25) is 0 Å². The molecule has 0 saturated carbocycles. The van der Waals surface area contributed by atoms with E-state index in [2.05, 4.69) is 4.18 Å². The van der Waals surface area contributed by atoms with Crippen LogP contribution in [0.5, 0.6) is 5.75 Å². The van der Waals surface area contributed by atoms with Gasteiger partial charge in [0.1, 0.15) is 5.75 Å². The summed E-state index contributed by atoms with van der Waals surface area (Å²) in [5.74, 6) is -5.09. The first-order valence-electron chi connectivity index (χ1n) is 6.31. The molecule has 0 aliphatic heterocycles. The standard InChI is InChI=1S/C14H6F6O3S/c15-11-5-9-8-2-1-7(23-24(21,22)14(18,19)20)3-6(8)4-10(9)12(16)13(11)17/h1-3,5H,4H2. The van der Waals surface area contributed by atoms with Crippen LogP contribution >= 0.6 is 0 Å². The minimum atomic E-state index is -5.85. The van der Waals surface area contributed by atoms with Gasteiger partial charge in [-0.3, -0.25) is 0 Å². The quantitative estimate of drug-likeness (QED) is 0.298. The molecule has 1 aliphatic carbocycles. The number of halogens is 6. The first kappa shape index (κ1) is 16.6. The fraction of sp³-hybridized carbons (Fsp3) is 0.143. The van der Waals surface area contributed by atoms with Crippen molar-refractivity contribution in [2.75, 3.05) is 0 Å². The number of benzene rings is 2. The average molecular weight is 368 g/mol. The van der Waals surface area contributed by atoms with E-state index in [4.69, 9.17) is 0 Å². The zero-order valence-electron chi connectivity index (χ0n) is 11.4. The summed E-state index contributed by atoms with van der Waals surface area (Å²) in [7, 11) is -5.85. The molecule has 10 heteroatoms. The van der Waals surface area contributed by atoms with E-state index in [1.165, 1.54) is 0 Å². The van der Waals surface area contributed by atoms with E-state index in [1.54, 1.807) is 0 Å². The summed E-state index contributed by atoms with van der Waals surface area (Å²) in [4.78, 5) is 0. The third kappa shape index (κ3) is 2.50. The molecule has 3 rings (SSSR count). The summed E-state index contributed by atoms with van der Waals surface area (Å²) in [5.41, 5.74) is -5.29. The first-order chi connectivity index (χ1) is 11.0. The summed E-state index contributed by atoms with van der Waals surface area (Å²) in [6.45, 7) is 0. The summed E-state index contributed by atoms with van der Waals surface area (Å²) in [6, 6.07) is 3.79. The second kappa shape index (κ2) is 5.13. The molecule has 0 bridgehead atoms. The molecule has 0 aromatic heterocycles. The van der Waals surface area contributed by atoms with Gasteiger partial charge in [-0.05, 0) is 34.9 Å². The molecule has 0 unspecified atom stereocenters. The molecule has 0 saturated heterocycles. The van der Waals surface area contributed by atoms with E-state index in [0.29, 0.717) is 0 Å². The molecule has 0 atom stereocenters. The van der Waals surface area contributed by atoms with Crippen molar-refractivity contribution in [2.45, 2.75) is 11.9 Å². The van der Waals surface area contributed by atoms with Crippen molar-refractivity contribution in [1.29, 1.82) is 0 Å². The van der Waals surface area contributed by atoms with Gasteiger partial charge in [0.25, 0.3) is 0 Å². The Morgan fingerprint density at radius 1 is 0.958 bits per heavy atom. The van der Waals surface area contributed by atoms with Crippen LogP contribution in [0.4, 0.5) is 26.3 Å². The second-order valence-electron chi connectivity index (χ2n) is 4.99. The molecular formula is C14H6F6O3S. The maximum atomic E-state index is 13.8. The molecule has 128 valence electrons. The fourth-order valence-corrected chi connectivity index (χ4v) is 2.89. The molecule has 0 heterocycles. The Balaban J connectivity index is 2.02. The third-order valence-electron chi connectivity index (χ3n) is 3.49. The van der Waals surface area contributed by atoms with Gasteiger partial charge < -0.3 is 4.18 Å². The van der Waals surface area contributed by atoms with Gasteiger partial charge in [0, 0.05) is 12.0 Å². The molecule has 2 aromatic carbocycles. The summed E-state index contributed by atoms with van der Waals surface area (Å²) >= 11 is 0. The molecule has 2 aromatic rings. The molecule has 0 N–H and O–H groups in total. The van der Waals surface area contributed by atoms with Gasteiger partial charge in [0.2, 0.25) is 0 Å². The molecule has 24 heavy (non-hydrogen) atoms. The fourth-order valence-electron chi connectivity index (χ4n) is 2.44. The van der Waals surface area contributed by atoms with Gasteiger partial charge in [-0.2, -0.15) is 21.6 Å². The SMILES string of the molecule is O=S(=O)(Oc1ccc2c(c1)Cc1c-2cc(F)c(F)c1F)C(F)(F)F. The minimum absolute atomic E-state index is 0.0478. The smallest absolute Gasteiger partial charge is 0.376 e. The molecular weight excluding hydrogens is 362 g/mol. The van der Waals surface area contributed by atoms with Crippen LogP contribution in [0.25, 0.3) is 11.1 Å². The summed E-state index contributed by atoms with van der Waals surface area (Å²) in [6.07, 6.45) is -0.239. The first-order valence-corrected chi connectivity index (χ1v) is 7.72. The number of fused-ring (bicyclic) bond motifs is 3. The van der Waals surface area contributed by atoms with Crippen LogP contribution in [0.15, 0.2) is 24.3 Å². The number of alkyl halides is 3. The van der Waals surface area contributed by atoms with Crippen molar-refractivity contribution in [2.24, 2.45) is 0 Å². The van der Waals surface area contributed by atoms with E-state index in [-0.39, 0.29) is 28.7 Å². The van der Waals surface area contributed by atoms with Gasteiger partial charge in [-0.1, -0.05) is 6.07 Å². The molecule has 0 amide bonds. The number of rotatable bonds is 2. The lowest BCUT2D eigenvalue weighted by molar-refractivity contribution is -0.0500. The van der Waals surface area contributed by atoms with Crippen LogP contribution in [-0.2, 0) is 16.5 Å². The lowest BCUT2D eigenvalue weighted by Gasteiger charge is -2.10. The molecule has 1 aliphatic rings. The average Bonchev–Trinajstić information content (AvgIpc) is 2.81. The zero-order valence-corrected chi connectivity index (χ0v) is 12.2. The lowest BCUT2D eigenvalue weighted by Crippen LogP contribution is -2.28. The van der Waals surface area contributed by atoms with E-state index >= 15 is 0 Å². The van der Waals surface area contributed by atoms with Crippen molar-refractivity contribution >= 4 is 10.1 Å². The third-order valence-corrected chi connectivity index (χ3v) is 4.47. The highest BCUT2D eigenvalue weighted by molar-refractivity contribution is 7.88. The predicted molar refractivity (Wildman–Crippen MR) is 70.2 cm³/mol. The van der Waals surface area contributed by atoms with Gasteiger partial charge in [0.05, 0.1) is 0 Å². The lowest BCUT2D eigenvalue weighted by atomic mass is 10.1. The van der Waals surface area contributed by atoms with Gasteiger partial charge in [0.15, 0.2) is 17.5 Å². The van der Waals surface area contributed by atoms with Crippen LogP contribution in [-0.4, -0.2) is 13.9 Å². The van der Waals surface area contributed by atoms with Crippen molar-refractivity contribution in [3.8, 4) is 16.9 Å². The minimum Gasteiger partial charge on any atom is -0.376 e. The van der Waals surface area contributed by atoms with Crippen molar-refractivity contribution in [1.82, 2.24) is 0 Å². The van der Waals surface area contributed by atoms with E-state index < -0.39 is 38.8 Å². The summed E-state index contributed by atoms with van der Waals surface area (Å²) < 4.78 is 103. The van der Waals surface area contributed by atoms with Crippen LogP contribution < -0.4 is 4.18 Å². The second-order valence-corrected chi connectivity index (χ2v) is 6.53. The van der Waals surface area contributed by atoms with Crippen LogP contribution in [0.1, 0.15) is 11.1 Å². The molecule has 3 nitrogen and oxygen atoms in total.